The Morgan fingerprint density at radius 1 is 1.13 bits per heavy atom. The Balaban J connectivity index is 1.59. The Bertz CT molecular complexity index is 1070. The number of carbonyl (C=O) groups is 2. The molecule has 0 unspecified atom stereocenters. The van der Waals surface area contributed by atoms with E-state index in [9.17, 15) is 9.59 Å². The quantitative estimate of drug-likeness (QED) is 0.491. The molecule has 10 heteroatoms. The van der Waals surface area contributed by atoms with Crippen molar-refractivity contribution in [2.24, 2.45) is 7.05 Å². The van der Waals surface area contributed by atoms with E-state index in [1.807, 2.05) is 19.2 Å². The Morgan fingerprint density at radius 3 is 2.65 bits per heavy atom. The highest BCUT2D eigenvalue weighted by Crippen LogP contribution is 2.30. The van der Waals surface area contributed by atoms with Gasteiger partial charge < -0.3 is 24.7 Å². The molecule has 1 aromatic heterocycles. The van der Waals surface area contributed by atoms with Gasteiger partial charge in [0.25, 0.3) is 5.91 Å². The normalized spacial score (nSPS) is 10.4. The van der Waals surface area contributed by atoms with Crippen LogP contribution in [0, 0.1) is 0 Å². The minimum atomic E-state index is -0.269. The molecule has 0 aliphatic heterocycles. The van der Waals surface area contributed by atoms with Crippen LogP contribution in [0.1, 0.15) is 15.9 Å². The van der Waals surface area contributed by atoms with Crippen molar-refractivity contribution in [2.45, 2.75) is 11.7 Å². The lowest BCUT2D eigenvalue weighted by atomic mass is 10.1. The van der Waals surface area contributed by atoms with Crippen LogP contribution in [0.15, 0.2) is 53.9 Å². The van der Waals surface area contributed by atoms with Gasteiger partial charge in [0.05, 0.1) is 20.0 Å². The molecule has 9 nitrogen and oxygen atoms in total. The number of ether oxygens (including phenoxy) is 2. The first-order valence-corrected chi connectivity index (χ1v) is 10.3. The van der Waals surface area contributed by atoms with Crippen LogP contribution < -0.4 is 20.1 Å². The van der Waals surface area contributed by atoms with Crippen LogP contribution in [0.4, 0.5) is 5.69 Å². The number of aromatic nitrogens is 3. The second-order valence-electron chi connectivity index (χ2n) is 6.48. The molecule has 31 heavy (non-hydrogen) atoms. The number of methoxy groups -OCH3 is 2. The van der Waals surface area contributed by atoms with Crippen molar-refractivity contribution in [3.8, 4) is 11.5 Å². The van der Waals surface area contributed by atoms with Gasteiger partial charge in [-0.2, -0.15) is 0 Å². The summed E-state index contributed by atoms with van der Waals surface area (Å²) in [5.41, 5.74) is 1.76. The summed E-state index contributed by atoms with van der Waals surface area (Å²) in [6, 6.07) is 12.2. The van der Waals surface area contributed by atoms with Gasteiger partial charge in [-0.3, -0.25) is 9.59 Å². The van der Waals surface area contributed by atoms with Crippen LogP contribution in [-0.2, 0) is 18.4 Å². The minimum absolute atomic E-state index is 0.179. The summed E-state index contributed by atoms with van der Waals surface area (Å²) in [4.78, 5) is 24.8. The molecule has 3 aromatic rings. The number of anilines is 1. The fraction of sp³-hybridized carbons (Fsp3) is 0.238. The molecule has 0 aliphatic rings. The summed E-state index contributed by atoms with van der Waals surface area (Å²) in [5, 5.41) is 14.0. The molecule has 0 saturated heterocycles. The number of rotatable bonds is 9. The van der Waals surface area contributed by atoms with Gasteiger partial charge in [-0.15, -0.1) is 10.2 Å². The number of nitrogens with one attached hydrogen (secondary N) is 2. The van der Waals surface area contributed by atoms with E-state index in [1.54, 1.807) is 55.4 Å². The van der Waals surface area contributed by atoms with Crippen LogP contribution in [0.25, 0.3) is 0 Å². The first kappa shape index (κ1) is 22.2. The third-order valence-corrected chi connectivity index (χ3v) is 5.37. The van der Waals surface area contributed by atoms with Crippen molar-refractivity contribution < 1.29 is 19.1 Å². The van der Waals surface area contributed by atoms with E-state index in [2.05, 4.69) is 20.8 Å². The van der Waals surface area contributed by atoms with Gasteiger partial charge in [-0.25, -0.2) is 0 Å². The average Bonchev–Trinajstić information content (AvgIpc) is 3.20. The number of aryl methyl sites for hydroxylation is 1. The molecule has 3 rings (SSSR count). The van der Waals surface area contributed by atoms with Gasteiger partial charge in [-0.05, 0) is 24.3 Å². The largest absolute Gasteiger partial charge is 0.493 e. The molecule has 1 heterocycles. The number of amides is 2. The summed E-state index contributed by atoms with van der Waals surface area (Å²) in [6.07, 6.45) is 1.57. The number of para-hydroxylation sites is 1. The van der Waals surface area contributed by atoms with Crippen LogP contribution in [0.5, 0.6) is 11.5 Å². The van der Waals surface area contributed by atoms with Crippen molar-refractivity contribution in [3.63, 3.8) is 0 Å². The third kappa shape index (κ3) is 5.76. The molecular formula is C21H23N5O4S. The maximum Gasteiger partial charge on any atom is 0.251 e. The minimum Gasteiger partial charge on any atom is -0.493 e. The van der Waals surface area contributed by atoms with Crippen LogP contribution >= 0.6 is 11.8 Å². The molecule has 0 bridgehead atoms. The van der Waals surface area contributed by atoms with Gasteiger partial charge in [0, 0.05) is 30.4 Å². The lowest BCUT2D eigenvalue weighted by molar-refractivity contribution is -0.113. The number of benzene rings is 2. The van der Waals surface area contributed by atoms with Crippen molar-refractivity contribution in [2.75, 3.05) is 25.3 Å². The van der Waals surface area contributed by atoms with E-state index in [0.717, 1.165) is 5.56 Å². The maximum absolute atomic E-state index is 12.6. The Labute approximate surface area is 184 Å². The fourth-order valence-electron chi connectivity index (χ4n) is 2.84. The highest BCUT2D eigenvalue weighted by Gasteiger charge is 2.13. The lowest BCUT2D eigenvalue weighted by Gasteiger charge is -2.13. The maximum atomic E-state index is 12.6. The Morgan fingerprint density at radius 2 is 1.94 bits per heavy atom. The number of hydrogen-bond donors (Lipinski definition) is 2. The second kappa shape index (κ2) is 10.5. The Hall–Kier alpha value is -3.53. The molecule has 0 saturated carbocycles. The smallest absolute Gasteiger partial charge is 0.251 e. The SMILES string of the molecule is COc1cccc(CNC(=O)c2cccc(NC(=O)CSc3nncn3C)c2)c1OC. The fourth-order valence-corrected chi connectivity index (χ4v) is 3.53. The van der Waals surface area contributed by atoms with Crippen molar-refractivity contribution in [1.82, 2.24) is 20.1 Å². The van der Waals surface area contributed by atoms with Gasteiger partial charge in [0.2, 0.25) is 5.91 Å². The molecule has 0 spiro atoms. The van der Waals surface area contributed by atoms with Gasteiger partial charge in [0.1, 0.15) is 6.33 Å². The van der Waals surface area contributed by atoms with Crippen LogP contribution in [0.3, 0.4) is 0 Å². The third-order valence-electron chi connectivity index (χ3n) is 4.33. The summed E-state index contributed by atoms with van der Waals surface area (Å²) in [7, 11) is 4.92. The molecule has 2 N–H and O–H groups in total. The first-order valence-electron chi connectivity index (χ1n) is 9.36. The second-order valence-corrected chi connectivity index (χ2v) is 7.42. The highest BCUT2D eigenvalue weighted by molar-refractivity contribution is 7.99. The van der Waals surface area contributed by atoms with Gasteiger partial charge in [-0.1, -0.05) is 30.0 Å². The lowest BCUT2D eigenvalue weighted by Crippen LogP contribution is -2.23. The summed E-state index contributed by atoms with van der Waals surface area (Å²) in [5.74, 6) is 0.879. The van der Waals surface area contributed by atoms with Crippen molar-refractivity contribution >= 4 is 29.3 Å². The van der Waals surface area contributed by atoms with E-state index in [-0.39, 0.29) is 24.1 Å². The summed E-state index contributed by atoms with van der Waals surface area (Å²) >= 11 is 1.28. The number of hydrogen-bond acceptors (Lipinski definition) is 7. The van der Waals surface area contributed by atoms with E-state index in [0.29, 0.717) is 27.9 Å². The summed E-state index contributed by atoms with van der Waals surface area (Å²) < 4.78 is 12.4. The van der Waals surface area contributed by atoms with E-state index >= 15 is 0 Å². The zero-order chi connectivity index (χ0) is 22.2. The van der Waals surface area contributed by atoms with E-state index in [4.69, 9.17) is 9.47 Å². The first-order chi connectivity index (χ1) is 15.0. The number of thioether (sulfide) groups is 1. The molecule has 2 amide bonds. The molecule has 0 atom stereocenters. The Kier molecular flexibility index (Phi) is 7.50. The van der Waals surface area contributed by atoms with E-state index in [1.165, 1.54) is 11.8 Å². The van der Waals surface area contributed by atoms with Crippen LogP contribution in [0.2, 0.25) is 0 Å². The molecule has 0 fully saturated rings. The molecule has 0 radical (unpaired) electrons. The number of carbonyl (C=O) groups excluding carboxylic acids is 2. The van der Waals surface area contributed by atoms with E-state index < -0.39 is 0 Å². The van der Waals surface area contributed by atoms with Gasteiger partial charge in [0.15, 0.2) is 16.7 Å². The molecule has 2 aromatic carbocycles. The average molecular weight is 442 g/mol. The highest BCUT2D eigenvalue weighted by atomic mass is 32.2. The predicted octanol–water partition coefficient (Wildman–Crippen LogP) is 2.49. The zero-order valence-electron chi connectivity index (χ0n) is 17.4. The monoisotopic (exact) mass is 441 g/mol. The predicted molar refractivity (Wildman–Crippen MR) is 118 cm³/mol. The summed E-state index contributed by atoms with van der Waals surface area (Å²) in [6.45, 7) is 0.268. The molecular weight excluding hydrogens is 418 g/mol. The topological polar surface area (TPSA) is 107 Å². The van der Waals surface area contributed by atoms with Crippen LogP contribution in [-0.4, -0.2) is 46.6 Å². The number of nitrogens with zero attached hydrogens (tertiary/aromatic N) is 3. The van der Waals surface area contributed by atoms with Gasteiger partial charge >= 0.3 is 0 Å². The molecule has 162 valence electrons. The van der Waals surface area contributed by atoms with Crippen molar-refractivity contribution in [1.29, 1.82) is 0 Å². The molecule has 0 aliphatic carbocycles. The standard InChI is InChI=1S/C21H23N5O4S/c1-26-13-23-25-21(26)31-12-18(27)24-16-8-4-6-14(10-16)20(28)22-11-15-7-5-9-17(29-2)19(15)30-3/h4-10,13H,11-12H2,1-3H3,(H,22,28)(H,24,27). The van der Waals surface area contributed by atoms with Crippen molar-refractivity contribution in [3.05, 3.63) is 59.9 Å². The zero-order valence-corrected chi connectivity index (χ0v) is 18.2.